The lowest BCUT2D eigenvalue weighted by atomic mass is 10.2. The van der Waals surface area contributed by atoms with Crippen LogP contribution in [0.25, 0.3) is 10.9 Å². The number of ether oxygens (including phenoxy) is 1. The molecule has 0 atom stereocenters. The molecule has 2 aliphatic heterocycles. The zero-order valence-corrected chi connectivity index (χ0v) is 15.3. The Balaban J connectivity index is 1.75. The van der Waals surface area contributed by atoms with Crippen molar-refractivity contribution in [3.05, 3.63) is 16.1 Å². The molecule has 6 nitrogen and oxygen atoms in total. The van der Waals surface area contributed by atoms with E-state index in [-0.39, 0.29) is 5.91 Å². The molecular weight excluding hydrogens is 344 g/mol. The van der Waals surface area contributed by atoms with Crippen molar-refractivity contribution in [2.45, 2.75) is 6.92 Å². The van der Waals surface area contributed by atoms with E-state index in [1.54, 1.807) is 16.2 Å². The van der Waals surface area contributed by atoms with E-state index in [9.17, 15) is 4.79 Å². The lowest BCUT2D eigenvalue weighted by Gasteiger charge is -2.29. The summed E-state index contributed by atoms with van der Waals surface area (Å²) < 4.78 is 5.33. The number of carbonyl (C=O) groups is 1. The number of morpholine rings is 1. The zero-order valence-electron chi connectivity index (χ0n) is 13.7. The summed E-state index contributed by atoms with van der Waals surface area (Å²) in [6, 6.07) is 0. The molecule has 0 aliphatic carbocycles. The van der Waals surface area contributed by atoms with Gasteiger partial charge in [0.1, 0.15) is 5.82 Å². The zero-order chi connectivity index (χ0) is 16.5. The van der Waals surface area contributed by atoms with Crippen LogP contribution in [0.2, 0.25) is 0 Å². The highest BCUT2D eigenvalue weighted by Gasteiger charge is 2.25. The van der Waals surface area contributed by atoms with Crippen molar-refractivity contribution in [3.63, 3.8) is 0 Å². The van der Waals surface area contributed by atoms with Crippen molar-refractivity contribution in [3.8, 4) is 0 Å². The van der Waals surface area contributed by atoms with Gasteiger partial charge in [-0.15, -0.1) is 11.3 Å². The quantitative estimate of drug-likeness (QED) is 0.813. The number of aryl methyl sites for hydroxylation is 1. The molecule has 0 radical (unpaired) electrons. The van der Waals surface area contributed by atoms with Crippen LogP contribution in [0.1, 0.15) is 15.5 Å². The third kappa shape index (κ3) is 2.98. The van der Waals surface area contributed by atoms with Gasteiger partial charge in [-0.25, -0.2) is 9.97 Å². The Morgan fingerprint density at radius 2 is 1.92 bits per heavy atom. The standard InChI is InChI=1S/C16H20N4O2S2/c1-11-13-12(10-24-11)17-14(16(21)20-2-6-22-7-3-20)18-15(13)19-4-8-23-9-5-19/h10H,2-9H2,1H3. The number of nitrogens with zero attached hydrogens (tertiary/aromatic N) is 4. The molecular formula is C16H20N4O2S2. The molecule has 0 unspecified atom stereocenters. The SMILES string of the molecule is Cc1scc2nc(C(=O)N3CCOCC3)nc(N3CCSCC3)c12. The van der Waals surface area contributed by atoms with Gasteiger partial charge < -0.3 is 14.5 Å². The summed E-state index contributed by atoms with van der Waals surface area (Å²) >= 11 is 3.64. The van der Waals surface area contributed by atoms with Gasteiger partial charge in [0.05, 0.1) is 24.1 Å². The number of fused-ring (bicyclic) bond motifs is 1. The minimum Gasteiger partial charge on any atom is -0.378 e. The van der Waals surface area contributed by atoms with Gasteiger partial charge in [-0.1, -0.05) is 0 Å². The van der Waals surface area contributed by atoms with E-state index in [4.69, 9.17) is 9.72 Å². The Bertz CT molecular complexity index is 752. The lowest BCUT2D eigenvalue weighted by molar-refractivity contribution is 0.0295. The maximum absolute atomic E-state index is 12.8. The molecule has 24 heavy (non-hydrogen) atoms. The van der Waals surface area contributed by atoms with Crippen LogP contribution in [-0.2, 0) is 4.74 Å². The second kappa shape index (κ2) is 6.85. The van der Waals surface area contributed by atoms with Crippen LogP contribution in [0.3, 0.4) is 0 Å². The predicted molar refractivity (Wildman–Crippen MR) is 98.4 cm³/mol. The molecule has 2 saturated heterocycles. The maximum atomic E-state index is 12.8. The molecule has 0 saturated carbocycles. The third-order valence-corrected chi connectivity index (χ3v) is 6.26. The number of thiophene rings is 1. The smallest absolute Gasteiger partial charge is 0.291 e. The largest absolute Gasteiger partial charge is 0.378 e. The van der Waals surface area contributed by atoms with Gasteiger partial charge in [0.2, 0.25) is 5.82 Å². The van der Waals surface area contributed by atoms with Crippen molar-refractivity contribution >= 4 is 45.7 Å². The number of aromatic nitrogens is 2. The monoisotopic (exact) mass is 364 g/mol. The van der Waals surface area contributed by atoms with Crippen molar-refractivity contribution in [2.75, 3.05) is 55.8 Å². The minimum absolute atomic E-state index is 0.0864. The Morgan fingerprint density at radius 1 is 1.17 bits per heavy atom. The van der Waals surface area contributed by atoms with Gasteiger partial charge in [0, 0.05) is 47.9 Å². The Hall–Kier alpha value is -1.38. The van der Waals surface area contributed by atoms with Gasteiger partial charge in [-0.05, 0) is 6.92 Å². The van der Waals surface area contributed by atoms with Crippen LogP contribution in [0, 0.1) is 6.92 Å². The summed E-state index contributed by atoms with van der Waals surface area (Å²) in [5.74, 6) is 3.35. The molecule has 8 heteroatoms. The molecule has 4 rings (SSSR count). The van der Waals surface area contributed by atoms with Crippen LogP contribution in [-0.4, -0.2) is 71.7 Å². The molecule has 2 aromatic rings. The van der Waals surface area contributed by atoms with Gasteiger partial charge in [-0.3, -0.25) is 4.79 Å². The number of amides is 1. The van der Waals surface area contributed by atoms with Crippen molar-refractivity contribution in [1.82, 2.24) is 14.9 Å². The fourth-order valence-corrected chi connectivity index (χ4v) is 4.78. The van der Waals surface area contributed by atoms with Crippen LogP contribution >= 0.6 is 23.1 Å². The summed E-state index contributed by atoms with van der Waals surface area (Å²) in [6.45, 7) is 6.43. The first-order valence-electron chi connectivity index (χ1n) is 8.19. The first-order chi connectivity index (χ1) is 11.7. The summed E-state index contributed by atoms with van der Waals surface area (Å²) in [5, 5.41) is 3.13. The Labute approximate surface area is 149 Å². The van der Waals surface area contributed by atoms with Crippen molar-refractivity contribution in [1.29, 1.82) is 0 Å². The fourth-order valence-electron chi connectivity index (χ4n) is 3.10. The predicted octanol–water partition coefficient (Wildman–Crippen LogP) is 2.03. The highest BCUT2D eigenvalue weighted by Crippen LogP contribution is 2.32. The second-order valence-corrected chi connectivity index (χ2v) is 8.24. The van der Waals surface area contributed by atoms with E-state index in [1.165, 1.54) is 4.88 Å². The first-order valence-corrected chi connectivity index (χ1v) is 10.2. The molecule has 2 aromatic heterocycles. The summed E-state index contributed by atoms with van der Waals surface area (Å²) in [5.41, 5.74) is 0.886. The van der Waals surface area contributed by atoms with E-state index in [0.717, 1.165) is 41.3 Å². The molecule has 0 aromatic carbocycles. The van der Waals surface area contributed by atoms with Gasteiger partial charge in [-0.2, -0.15) is 11.8 Å². The van der Waals surface area contributed by atoms with Crippen LogP contribution < -0.4 is 4.90 Å². The molecule has 0 N–H and O–H groups in total. The second-order valence-electron chi connectivity index (χ2n) is 5.93. The van der Waals surface area contributed by atoms with Gasteiger partial charge in [0.25, 0.3) is 5.91 Å². The van der Waals surface area contributed by atoms with Crippen LogP contribution in [0.5, 0.6) is 0 Å². The van der Waals surface area contributed by atoms with Crippen molar-refractivity contribution < 1.29 is 9.53 Å². The highest BCUT2D eigenvalue weighted by molar-refractivity contribution is 7.99. The number of hydrogen-bond acceptors (Lipinski definition) is 7. The molecule has 2 fully saturated rings. The number of anilines is 1. The van der Waals surface area contributed by atoms with E-state index in [0.29, 0.717) is 32.1 Å². The summed E-state index contributed by atoms with van der Waals surface area (Å²) in [6.07, 6.45) is 0. The first kappa shape index (κ1) is 16.1. The highest BCUT2D eigenvalue weighted by atomic mass is 32.2. The molecule has 1 amide bonds. The molecule has 2 aliphatic rings. The number of carbonyl (C=O) groups excluding carboxylic acids is 1. The van der Waals surface area contributed by atoms with Crippen LogP contribution in [0.4, 0.5) is 5.82 Å². The van der Waals surface area contributed by atoms with Crippen molar-refractivity contribution in [2.24, 2.45) is 0 Å². The number of rotatable bonds is 2. The maximum Gasteiger partial charge on any atom is 0.291 e. The average Bonchev–Trinajstić information content (AvgIpc) is 3.03. The number of hydrogen-bond donors (Lipinski definition) is 0. The van der Waals surface area contributed by atoms with E-state index in [2.05, 4.69) is 16.8 Å². The number of thioether (sulfide) groups is 1. The van der Waals surface area contributed by atoms with E-state index < -0.39 is 0 Å². The van der Waals surface area contributed by atoms with Crippen LogP contribution in [0.15, 0.2) is 5.38 Å². The average molecular weight is 364 g/mol. The van der Waals surface area contributed by atoms with E-state index in [1.807, 2.05) is 17.1 Å². The summed E-state index contributed by atoms with van der Waals surface area (Å²) in [4.78, 5) is 27.4. The normalized spacial score (nSPS) is 19.0. The minimum atomic E-state index is -0.0864. The Morgan fingerprint density at radius 3 is 2.67 bits per heavy atom. The Kier molecular flexibility index (Phi) is 4.60. The van der Waals surface area contributed by atoms with E-state index >= 15 is 0 Å². The third-order valence-electron chi connectivity index (χ3n) is 4.42. The molecule has 0 spiro atoms. The molecule has 4 heterocycles. The molecule has 0 bridgehead atoms. The summed E-state index contributed by atoms with van der Waals surface area (Å²) in [7, 11) is 0. The lowest BCUT2D eigenvalue weighted by Crippen LogP contribution is -2.41. The topological polar surface area (TPSA) is 58.6 Å². The fraction of sp³-hybridized carbons (Fsp3) is 0.562. The van der Waals surface area contributed by atoms with Gasteiger partial charge in [0.15, 0.2) is 0 Å². The molecule has 128 valence electrons. The van der Waals surface area contributed by atoms with Gasteiger partial charge >= 0.3 is 0 Å².